The summed E-state index contributed by atoms with van der Waals surface area (Å²) in [6.07, 6.45) is 2.03. The Morgan fingerprint density at radius 3 is 2.56 bits per heavy atom. The number of benzene rings is 1. The van der Waals surface area contributed by atoms with E-state index in [0.29, 0.717) is 0 Å². The number of amides is 1. The highest BCUT2D eigenvalue weighted by molar-refractivity contribution is 7.98. The topological polar surface area (TPSA) is 55.1 Å². The van der Waals surface area contributed by atoms with Crippen molar-refractivity contribution in [1.82, 2.24) is 5.32 Å². The van der Waals surface area contributed by atoms with Crippen LogP contribution in [0.3, 0.4) is 0 Å². The number of thioether (sulfide) groups is 1. The minimum absolute atomic E-state index is 0.347. The minimum Gasteiger partial charge on any atom is -0.368 e. The van der Waals surface area contributed by atoms with Gasteiger partial charge in [0.15, 0.2) is 0 Å². The molecule has 0 aliphatic rings. The van der Waals surface area contributed by atoms with Crippen molar-refractivity contribution < 1.29 is 4.79 Å². The summed E-state index contributed by atoms with van der Waals surface area (Å²) < 4.78 is 0. The van der Waals surface area contributed by atoms with Crippen LogP contribution in [0.15, 0.2) is 30.3 Å². The number of rotatable bonds is 6. The van der Waals surface area contributed by atoms with Crippen LogP contribution in [-0.2, 0) is 10.3 Å². The van der Waals surface area contributed by atoms with Gasteiger partial charge in [0.1, 0.15) is 5.54 Å². The fourth-order valence-electron chi connectivity index (χ4n) is 1.51. The second-order valence-corrected chi connectivity index (χ2v) is 4.76. The van der Waals surface area contributed by atoms with E-state index >= 15 is 0 Å². The third-order valence-corrected chi connectivity index (χ3v) is 3.24. The van der Waals surface area contributed by atoms with Gasteiger partial charge < -0.3 is 5.73 Å². The summed E-state index contributed by atoms with van der Waals surface area (Å²) in [4.78, 5) is 11.6. The summed E-state index contributed by atoms with van der Waals surface area (Å²) in [7, 11) is 0. The lowest BCUT2D eigenvalue weighted by atomic mass is 9.91. The lowest BCUT2D eigenvalue weighted by molar-refractivity contribution is -0.124. The number of hydrogen-bond acceptors (Lipinski definition) is 3. The summed E-state index contributed by atoms with van der Waals surface area (Å²) in [6, 6.07) is 9.57. The number of nitrogens with one attached hydrogen (secondary N) is 1. The number of primary amides is 1. The Morgan fingerprint density at radius 2 is 2.06 bits per heavy atom. The molecule has 0 radical (unpaired) electrons. The molecule has 0 bridgehead atoms. The average molecular weight is 238 g/mol. The Morgan fingerprint density at radius 1 is 1.44 bits per heavy atom. The summed E-state index contributed by atoms with van der Waals surface area (Å²) in [5.74, 6) is 0.607. The van der Waals surface area contributed by atoms with Crippen LogP contribution in [0.25, 0.3) is 0 Å². The van der Waals surface area contributed by atoms with Crippen molar-refractivity contribution >= 4 is 17.7 Å². The van der Waals surface area contributed by atoms with Gasteiger partial charge in [-0.2, -0.15) is 11.8 Å². The largest absolute Gasteiger partial charge is 0.368 e. The van der Waals surface area contributed by atoms with Gasteiger partial charge in [0, 0.05) is 12.3 Å². The Labute approximate surface area is 101 Å². The number of carbonyl (C=O) groups excluding carboxylic acids is 1. The highest BCUT2D eigenvalue weighted by Gasteiger charge is 2.31. The smallest absolute Gasteiger partial charge is 0.242 e. The van der Waals surface area contributed by atoms with Gasteiger partial charge in [-0.3, -0.25) is 10.1 Å². The second-order valence-electron chi connectivity index (χ2n) is 3.77. The van der Waals surface area contributed by atoms with E-state index < -0.39 is 5.54 Å². The van der Waals surface area contributed by atoms with Crippen molar-refractivity contribution in [3.05, 3.63) is 35.9 Å². The lowest BCUT2D eigenvalue weighted by Crippen LogP contribution is -2.51. The Balaban J connectivity index is 2.85. The Kier molecular flexibility index (Phi) is 4.83. The zero-order valence-electron chi connectivity index (χ0n) is 9.69. The molecule has 3 N–H and O–H groups in total. The molecule has 1 rings (SSSR count). The molecule has 0 fully saturated rings. The second kappa shape index (κ2) is 5.92. The summed E-state index contributed by atoms with van der Waals surface area (Å²) in [6.45, 7) is 2.58. The SMILES string of the molecule is CSCCN[C@](C)(C(N)=O)c1ccccc1. The Bertz CT molecular complexity index is 342. The molecule has 1 aromatic rings. The highest BCUT2D eigenvalue weighted by atomic mass is 32.2. The van der Waals surface area contributed by atoms with Gasteiger partial charge in [0.05, 0.1) is 0 Å². The predicted octanol–water partition coefficient (Wildman–Crippen LogP) is 1.34. The molecule has 0 aliphatic heterocycles. The molecule has 0 saturated heterocycles. The average Bonchev–Trinajstić information content (AvgIpc) is 2.30. The maximum absolute atomic E-state index is 11.6. The summed E-state index contributed by atoms with van der Waals surface area (Å²) in [5.41, 5.74) is 5.60. The van der Waals surface area contributed by atoms with Gasteiger partial charge in [-0.05, 0) is 18.7 Å². The number of hydrogen-bond donors (Lipinski definition) is 2. The van der Waals surface area contributed by atoms with Gasteiger partial charge in [-0.15, -0.1) is 0 Å². The van der Waals surface area contributed by atoms with Crippen LogP contribution in [0.4, 0.5) is 0 Å². The molecule has 1 amide bonds. The molecule has 4 heteroatoms. The zero-order chi connectivity index (χ0) is 12.0. The molecule has 0 spiro atoms. The zero-order valence-corrected chi connectivity index (χ0v) is 10.5. The van der Waals surface area contributed by atoms with Crippen molar-refractivity contribution in [3.63, 3.8) is 0 Å². The van der Waals surface area contributed by atoms with E-state index in [0.717, 1.165) is 17.9 Å². The van der Waals surface area contributed by atoms with Crippen molar-refractivity contribution in [2.24, 2.45) is 5.73 Å². The highest BCUT2D eigenvalue weighted by Crippen LogP contribution is 2.19. The summed E-state index contributed by atoms with van der Waals surface area (Å²) in [5, 5.41) is 3.22. The maximum atomic E-state index is 11.6. The van der Waals surface area contributed by atoms with Crippen LogP contribution in [0.5, 0.6) is 0 Å². The van der Waals surface area contributed by atoms with E-state index in [2.05, 4.69) is 5.32 Å². The van der Waals surface area contributed by atoms with Gasteiger partial charge in [-0.25, -0.2) is 0 Å². The molecule has 16 heavy (non-hydrogen) atoms. The third kappa shape index (κ3) is 3.00. The fraction of sp³-hybridized carbons (Fsp3) is 0.417. The molecule has 0 aliphatic carbocycles. The van der Waals surface area contributed by atoms with Crippen LogP contribution >= 0.6 is 11.8 Å². The van der Waals surface area contributed by atoms with E-state index in [9.17, 15) is 4.79 Å². The van der Waals surface area contributed by atoms with Crippen LogP contribution in [0, 0.1) is 0 Å². The quantitative estimate of drug-likeness (QED) is 0.735. The van der Waals surface area contributed by atoms with Crippen molar-refractivity contribution in [2.75, 3.05) is 18.6 Å². The van der Waals surface area contributed by atoms with E-state index in [4.69, 9.17) is 5.73 Å². The number of nitrogens with two attached hydrogens (primary N) is 1. The van der Waals surface area contributed by atoms with Crippen LogP contribution in [0.1, 0.15) is 12.5 Å². The van der Waals surface area contributed by atoms with Crippen molar-refractivity contribution in [2.45, 2.75) is 12.5 Å². The predicted molar refractivity (Wildman–Crippen MR) is 69.4 cm³/mol. The first-order valence-corrected chi connectivity index (χ1v) is 6.60. The van der Waals surface area contributed by atoms with E-state index in [1.165, 1.54) is 0 Å². The maximum Gasteiger partial charge on any atom is 0.242 e. The van der Waals surface area contributed by atoms with Crippen LogP contribution < -0.4 is 11.1 Å². The first-order chi connectivity index (χ1) is 7.61. The van der Waals surface area contributed by atoms with Gasteiger partial charge >= 0.3 is 0 Å². The molecule has 0 saturated carbocycles. The lowest BCUT2D eigenvalue weighted by Gasteiger charge is -2.28. The molecule has 1 atom stereocenters. The Hall–Kier alpha value is -1.00. The van der Waals surface area contributed by atoms with Crippen LogP contribution in [-0.4, -0.2) is 24.5 Å². The summed E-state index contributed by atoms with van der Waals surface area (Å²) >= 11 is 1.73. The van der Waals surface area contributed by atoms with E-state index in [1.54, 1.807) is 11.8 Å². The number of carbonyl (C=O) groups is 1. The third-order valence-electron chi connectivity index (χ3n) is 2.63. The molecule has 0 aromatic heterocycles. The molecular weight excluding hydrogens is 220 g/mol. The standard InChI is InChI=1S/C12H18N2OS/c1-12(11(13)15,14-8-9-16-2)10-6-4-3-5-7-10/h3-7,14H,8-9H2,1-2H3,(H2,13,15)/t12-/m0/s1. The van der Waals surface area contributed by atoms with Gasteiger partial charge in [0.2, 0.25) is 5.91 Å². The first kappa shape index (κ1) is 13.1. The first-order valence-electron chi connectivity index (χ1n) is 5.20. The van der Waals surface area contributed by atoms with E-state index in [1.807, 2.05) is 43.5 Å². The van der Waals surface area contributed by atoms with Crippen LogP contribution in [0.2, 0.25) is 0 Å². The molecule has 88 valence electrons. The van der Waals surface area contributed by atoms with Crippen molar-refractivity contribution in [3.8, 4) is 0 Å². The molecular formula is C12H18N2OS. The van der Waals surface area contributed by atoms with Gasteiger partial charge in [-0.1, -0.05) is 30.3 Å². The molecule has 0 heterocycles. The van der Waals surface area contributed by atoms with Crippen molar-refractivity contribution in [1.29, 1.82) is 0 Å². The van der Waals surface area contributed by atoms with E-state index in [-0.39, 0.29) is 5.91 Å². The molecule has 1 aromatic carbocycles. The minimum atomic E-state index is -0.781. The molecule has 3 nitrogen and oxygen atoms in total. The fourth-order valence-corrected chi connectivity index (χ4v) is 1.81. The van der Waals surface area contributed by atoms with Gasteiger partial charge in [0.25, 0.3) is 0 Å². The monoisotopic (exact) mass is 238 g/mol. The normalized spacial score (nSPS) is 14.4. The molecule has 0 unspecified atom stereocenters.